The van der Waals surface area contributed by atoms with Gasteiger partial charge in [0.15, 0.2) is 0 Å². The molecule has 3 heteroatoms. The predicted molar refractivity (Wildman–Crippen MR) is 53.8 cm³/mol. The van der Waals surface area contributed by atoms with E-state index in [0.717, 1.165) is 32.1 Å². The molecule has 1 aliphatic carbocycles. The maximum Gasteiger partial charge on any atom is 0.306 e. The predicted octanol–water partition coefficient (Wildman–Crippen LogP) is 1.88. The van der Waals surface area contributed by atoms with Crippen LogP contribution in [0.25, 0.3) is 0 Å². The molecule has 0 heterocycles. The van der Waals surface area contributed by atoms with Crippen LogP contribution in [0.1, 0.15) is 45.4 Å². The molecule has 1 rings (SSSR count). The van der Waals surface area contributed by atoms with Crippen LogP contribution in [0, 0.1) is 5.92 Å². The van der Waals surface area contributed by atoms with Crippen molar-refractivity contribution in [3.8, 4) is 0 Å². The zero-order valence-corrected chi connectivity index (χ0v) is 8.87. The van der Waals surface area contributed by atoms with Gasteiger partial charge in [-0.1, -0.05) is 6.92 Å². The summed E-state index contributed by atoms with van der Waals surface area (Å²) in [6.07, 6.45) is 5.30. The Morgan fingerprint density at radius 2 is 2.00 bits per heavy atom. The third-order valence-electron chi connectivity index (χ3n) is 2.80. The van der Waals surface area contributed by atoms with Crippen molar-refractivity contribution in [1.82, 2.24) is 0 Å². The fourth-order valence-electron chi connectivity index (χ4n) is 1.88. The van der Waals surface area contributed by atoms with Crippen molar-refractivity contribution in [3.63, 3.8) is 0 Å². The van der Waals surface area contributed by atoms with Crippen LogP contribution < -0.4 is 0 Å². The Morgan fingerprint density at radius 1 is 1.36 bits per heavy atom. The molecule has 0 saturated heterocycles. The van der Waals surface area contributed by atoms with Gasteiger partial charge < -0.3 is 9.84 Å². The van der Waals surface area contributed by atoms with E-state index >= 15 is 0 Å². The smallest absolute Gasteiger partial charge is 0.306 e. The van der Waals surface area contributed by atoms with E-state index < -0.39 is 0 Å². The molecule has 0 aliphatic heterocycles. The highest BCUT2D eigenvalue weighted by atomic mass is 16.5. The van der Waals surface area contributed by atoms with Crippen LogP contribution in [0.5, 0.6) is 0 Å². The summed E-state index contributed by atoms with van der Waals surface area (Å²) in [5.74, 6) is 0.357. The maximum atomic E-state index is 11.2. The van der Waals surface area contributed by atoms with Crippen molar-refractivity contribution in [1.29, 1.82) is 0 Å². The number of hydrogen-bond acceptors (Lipinski definition) is 3. The summed E-state index contributed by atoms with van der Waals surface area (Å²) in [6.45, 7) is 2.25. The molecule has 1 N–H and O–H groups in total. The number of esters is 1. The van der Waals surface area contributed by atoms with Gasteiger partial charge in [0.2, 0.25) is 0 Å². The number of aliphatic hydroxyl groups excluding tert-OH is 1. The van der Waals surface area contributed by atoms with Crippen molar-refractivity contribution < 1.29 is 14.6 Å². The monoisotopic (exact) mass is 200 g/mol. The minimum absolute atomic E-state index is 0.0695. The summed E-state index contributed by atoms with van der Waals surface area (Å²) < 4.78 is 5.30. The molecule has 0 amide bonds. The lowest BCUT2D eigenvalue weighted by atomic mass is 9.88. The Hall–Kier alpha value is -0.570. The van der Waals surface area contributed by atoms with E-state index in [2.05, 4.69) is 0 Å². The topological polar surface area (TPSA) is 46.5 Å². The number of hydrogen-bond donors (Lipinski definition) is 1. The molecule has 0 unspecified atom stereocenters. The molecular weight excluding hydrogens is 180 g/mol. The first-order chi connectivity index (χ1) is 6.76. The van der Waals surface area contributed by atoms with Crippen LogP contribution in [0.2, 0.25) is 0 Å². The standard InChI is InChI=1S/C11H20O3/c1-2-3-11(13)14-10-6-4-9(8-12)5-7-10/h9-10,12H,2-8H2,1H3. The van der Waals surface area contributed by atoms with E-state index in [9.17, 15) is 4.79 Å². The van der Waals surface area contributed by atoms with Gasteiger partial charge in [-0.25, -0.2) is 0 Å². The lowest BCUT2D eigenvalue weighted by Gasteiger charge is -2.26. The van der Waals surface area contributed by atoms with Gasteiger partial charge in [0.05, 0.1) is 0 Å². The molecule has 82 valence electrons. The van der Waals surface area contributed by atoms with E-state index in [4.69, 9.17) is 9.84 Å². The molecule has 1 aliphatic rings. The van der Waals surface area contributed by atoms with E-state index in [1.807, 2.05) is 6.92 Å². The van der Waals surface area contributed by atoms with Crippen LogP contribution in [0.3, 0.4) is 0 Å². The molecule has 1 fully saturated rings. The largest absolute Gasteiger partial charge is 0.462 e. The van der Waals surface area contributed by atoms with Gasteiger partial charge in [-0.2, -0.15) is 0 Å². The first-order valence-corrected chi connectivity index (χ1v) is 5.56. The second-order valence-electron chi connectivity index (χ2n) is 4.07. The van der Waals surface area contributed by atoms with Gasteiger partial charge in [0.25, 0.3) is 0 Å². The highest BCUT2D eigenvalue weighted by molar-refractivity contribution is 5.69. The van der Waals surface area contributed by atoms with Gasteiger partial charge in [0.1, 0.15) is 6.10 Å². The SMILES string of the molecule is CCCC(=O)OC1CCC(CO)CC1. The van der Waals surface area contributed by atoms with Crippen molar-refractivity contribution in [2.75, 3.05) is 6.61 Å². The summed E-state index contributed by atoms with van der Waals surface area (Å²) >= 11 is 0. The minimum Gasteiger partial charge on any atom is -0.462 e. The average molecular weight is 200 g/mol. The van der Waals surface area contributed by atoms with Gasteiger partial charge >= 0.3 is 5.97 Å². The average Bonchev–Trinajstić information content (AvgIpc) is 2.19. The van der Waals surface area contributed by atoms with Crippen molar-refractivity contribution in [2.24, 2.45) is 5.92 Å². The Balaban J connectivity index is 2.18. The van der Waals surface area contributed by atoms with E-state index in [0.29, 0.717) is 12.3 Å². The number of carbonyl (C=O) groups is 1. The van der Waals surface area contributed by atoms with Gasteiger partial charge in [-0.3, -0.25) is 4.79 Å². The number of ether oxygens (including phenoxy) is 1. The summed E-state index contributed by atoms with van der Waals surface area (Å²) in [4.78, 5) is 11.2. The summed E-state index contributed by atoms with van der Waals surface area (Å²) in [5.41, 5.74) is 0. The maximum absolute atomic E-state index is 11.2. The number of carbonyl (C=O) groups excluding carboxylic acids is 1. The third-order valence-corrected chi connectivity index (χ3v) is 2.80. The molecule has 0 aromatic rings. The molecule has 14 heavy (non-hydrogen) atoms. The molecule has 1 saturated carbocycles. The van der Waals surface area contributed by atoms with E-state index in [1.54, 1.807) is 0 Å². The first kappa shape index (κ1) is 11.5. The highest BCUT2D eigenvalue weighted by Gasteiger charge is 2.22. The Labute approximate surface area is 85.5 Å². The van der Waals surface area contributed by atoms with E-state index in [-0.39, 0.29) is 18.7 Å². The molecule has 0 atom stereocenters. The van der Waals surface area contributed by atoms with Crippen molar-refractivity contribution >= 4 is 5.97 Å². The molecule has 0 spiro atoms. The fraction of sp³-hybridized carbons (Fsp3) is 0.909. The van der Waals surface area contributed by atoms with Gasteiger partial charge in [-0.05, 0) is 38.0 Å². The summed E-state index contributed by atoms with van der Waals surface area (Å²) in [7, 11) is 0. The summed E-state index contributed by atoms with van der Waals surface area (Å²) in [6, 6.07) is 0. The van der Waals surface area contributed by atoms with Crippen LogP contribution in [0.4, 0.5) is 0 Å². The van der Waals surface area contributed by atoms with Crippen LogP contribution in [0.15, 0.2) is 0 Å². The zero-order valence-electron chi connectivity index (χ0n) is 8.87. The van der Waals surface area contributed by atoms with Crippen LogP contribution in [-0.4, -0.2) is 23.8 Å². The Morgan fingerprint density at radius 3 is 2.50 bits per heavy atom. The Bertz CT molecular complexity index is 171. The second kappa shape index (κ2) is 6.02. The number of aliphatic hydroxyl groups is 1. The lowest BCUT2D eigenvalue weighted by molar-refractivity contribution is -0.151. The molecule has 3 nitrogen and oxygen atoms in total. The lowest BCUT2D eigenvalue weighted by Crippen LogP contribution is -2.25. The quantitative estimate of drug-likeness (QED) is 0.705. The minimum atomic E-state index is -0.0695. The zero-order chi connectivity index (χ0) is 10.4. The van der Waals surface area contributed by atoms with E-state index in [1.165, 1.54) is 0 Å². The summed E-state index contributed by atoms with van der Waals surface area (Å²) in [5, 5.41) is 8.94. The van der Waals surface area contributed by atoms with Gasteiger partial charge in [-0.15, -0.1) is 0 Å². The first-order valence-electron chi connectivity index (χ1n) is 5.56. The molecule has 0 bridgehead atoms. The molecule has 0 radical (unpaired) electrons. The van der Waals surface area contributed by atoms with Crippen LogP contribution >= 0.6 is 0 Å². The van der Waals surface area contributed by atoms with Crippen LogP contribution in [-0.2, 0) is 9.53 Å². The normalized spacial score (nSPS) is 27.3. The van der Waals surface area contributed by atoms with Gasteiger partial charge in [0, 0.05) is 13.0 Å². The third kappa shape index (κ3) is 3.66. The van der Waals surface area contributed by atoms with Crippen molar-refractivity contribution in [3.05, 3.63) is 0 Å². The highest BCUT2D eigenvalue weighted by Crippen LogP contribution is 2.25. The Kier molecular flexibility index (Phi) is 4.94. The molecular formula is C11H20O3. The fourth-order valence-corrected chi connectivity index (χ4v) is 1.88. The number of rotatable bonds is 4. The van der Waals surface area contributed by atoms with Crippen molar-refractivity contribution in [2.45, 2.75) is 51.6 Å². The molecule has 0 aromatic heterocycles. The second-order valence-corrected chi connectivity index (χ2v) is 4.07. The molecule has 0 aromatic carbocycles.